The van der Waals surface area contributed by atoms with Gasteiger partial charge in [0.15, 0.2) is 0 Å². The van der Waals surface area contributed by atoms with E-state index in [0.717, 1.165) is 12.1 Å². The molecule has 0 saturated heterocycles. The molecular formula is C12H6F2N2S. The van der Waals surface area contributed by atoms with Crippen LogP contribution in [0.15, 0.2) is 30.3 Å². The average Bonchev–Trinajstić information content (AvgIpc) is 2.29. The number of nitrogens with one attached hydrogen (secondary N) is 1. The van der Waals surface area contributed by atoms with Gasteiger partial charge in [-0.3, -0.25) is 0 Å². The highest BCUT2D eigenvalue weighted by Crippen LogP contribution is 2.21. The fourth-order valence-electron chi connectivity index (χ4n) is 1.43. The van der Waals surface area contributed by atoms with Gasteiger partial charge in [0.25, 0.3) is 0 Å². The molecule has 0 bridgehead atoms. The van der Waals surface area contributed by atoms with Gasteiger partial charge < -0.3 is 4.98 Å². The zero-order valence-corrected chi connectivity index (χ0v) is 9.31. The summed E-state index contributed by atoms with van der Waals surface area (Å²) < 4.78 is 26.5. The maximum atomic E-state index is 13.5. The lowest BCUT2D eigenvalue weighted by Crippen LogP contribution is -1.91. The van der Waals surface area contributed by atoms with Crippen LogP contribution in [0.5, 0.6) is 0 Å². The van der Waals surface area contributed by atoms with Crippen molar-refractivity contribution in [3.05, 3.63) is 52.2 Å². The lowest BCUT2D eigenvalue weighted by molar-refractivity contribution is 0.585. The summed E-state index contributed by atoms with van der Waals surface area (Å²) in [6.07, 6.45) is 0. The molecule has 84 valence electrons. The zero-order valence-electron chi connectivity index (χ0n) is 8.50. The quantitative estimate of drug-likeness (QED) is 0.784. The van der Waals surface area contributed by atoms with Gasteiger partial charge in [0.05, 0.1) is 5.56 Å². The third-order valence-electron chi connectivity index (χ3n) is 2.25. The topological polar surface area (TPSA) is 39.6 Å². The first-order valence-electron chi connectivity index (χ1n) is 4.70. The summed E-state index contributed by atoms with van der Waals surface area (Å²) in [5.74, 6) is -1.32. The van der Waals surface area contributed by atoms with Crippen molar-refractivity contribution in [2.75, 3.05) is 0 Å². The molecular weight excluding hydrogens is 242 g/mol. The lowest BCUT2D eigenvalue weighted by atomic mass is 10.1. The molecule has 0 radical (unpaired) electrons. The highest BCUT2D eigenvalue weighted by Gasteiger charge is 2.07. The number of benzene rings is 1. The molecule has 1 heterocycles. The molecule has 0 atom stereocenters. The van der Waals surface area contributed by atoms with E-state index in [4.69, 9.17) is 17.5 Å². The van der Waals surface area contributed by atoms with Crippen LogP contribution in [0, 0.1) is 27.6 Å². The number of H-pyrrole nitrogens is 1. The lowest BCUT2D eigenvalue weighted by Gasteiger charge is -2.04. The van der Waals surface area contributed by atoms with Crippen molar-refractivity contribution in [3.63, 3.8) is 0 Å². The van der Waals surface area contributed by atoms with Crippen LogP contribution in [0.4, 0.5) is 8.78 Å². The Morgan fingerprint density at radius 2 is 1.94 bits per heavy atom. The smallest absolute Gasteiger partial charge is 0.135 e. The van der Waals surface area contributed by atoms with Gasteiger partial charge >= 0.3 is 0 Å². The predicted octanol–water partition coefficient (Wildman–Crippen LogP) is 3.56. The van der Waals surface area contributed by atoms with Crippen molar-refractivity contribution in [2.45, 2.75) is 0 Å². The second kappa shape index (κ2) is 4.44. The molecule has 0 saturated carbocycles. The Kier molecular flexibility index (Phi) is 2.98. The highest BCUT2D eigenvalue weighted by molar-refractivity contribution is 7.71. The van der Waals surface area contributed by atoms with Crippen LogP contribution in [0.1, 0.15) is 5.56 Å². The van der Waals surface area contributed by atoms with E-state index in [1.165, 1.54) is 18.2 Å². The molecule has 0 aliphatic carbocycles. The van der Waals surface area contributed by atoms with Crippen LogP contribution < -0.4 is 0 Å². The van der Waals surface area contributed by atoms with E-state index < -0.39 is 11.6 Å². The van der Waals surface area contributed by atoms with E-state index in [9.17, 15) is 8.78 Å². The number of rotatable bonds is 1. The number of hydrogen-bond acceptors (Lipinski definition) is 2. The molecule has 0 amide bonds. The summed E-state index contributed by atoms with van der Waals surface area (Å²) in [5, 5.41) is 8.71. The second-order valence-corrected chi connectivity index (χ2v) is 3.76. The average molecular weight is 248 g/mol. The molecule has 0 aliphatic rings. The Hall–Kier alpha value is -2.06. The fraction of sp³-hybridized carbons (Fsp3) is 0. The number of pyridine rings is 1. The van der Waals surface area contributed by atoms with E-state index in [0.29, 0.717) is 11.3 Å². The van der Waals surface area contributed by atoms with Gasteiger partial charge in [0, 0.05) is 17.3 Å². The van der Waals surface area contributed by atoms with Crippen LogP contribution in [0.2, 0.25) is 0 Å². The standard InChI is InChI=1S/C12H6F2N2S/c13-8-2-3-9(10(14)5-8)11-4-1-7(6-15)12(17)16-11/h1-5H,(H,16,17). The number of aromatic amines is 1. The molecule has 0 fully saturated rings. The first-order valence-corrected chi connectivity index (χ1v) is 5.11. The summed E-state index contributed by atoms with van der Waals surface area (Å²) >= 11 is 4.93. The third-order valence-corrected chi connectivity index (χ3v) is 2.57. The molecule has 0 aliphatic heterocycles. The maximum absolute atomic E-state index is 13.5. The van der Waals surface area contributed by atoms with Crippen LogP contribution in [0.3, 0.4) is 0 Å². The highest BCUT2D eigenvalue weighted by atomic mass is 32.1. The number of halogens is 2. The molecule has 2 rings (SSSR count). The molecule has 2 nitrogen and oxygen atoms in total. The van der Waals surface area contributed by atoms with Crippen molar-refractivity contribution in [2.24, 2.45) is 0 Å². The number of aromatic nitrogens is 1. The van der Waals surface area contributed by atoms with Crippen molar-refractivity contribution < 1.29 is 8.78 Å². The minimum Gasteiger partial charge on any atom is -0.345 e. The van der Waals surface area contributed by atoms with Gasteiger partial charge in [-0.25, -0.2) is 8.78 Å². The second-order valence-electron chi connectivity index (χ2n) is 3.35. The largest absolute Gasteiger partial charge is 0.345 e. The molecule has 2 aromatic rings. The van der Waals surface area contributed by atoms with Gasteiger partial charge in [-0.15, -0.1) is 0 Å². The Balaban J connectivity index is 2.58. The zero-order chi connectivity index (χ0) is 12.4. The van der Waals surface area contributed by atoms with E-state index in [1.54, 1.807) is 0 Å². The Morgan fingerprint density at radius 1 is 1.18 bits per heavy atom. The fourth-order valence-corrected chi connectivity index (χ4v) is 1.65. The van der Waals surface area contributed by atoms with E-state index in [1.807, 2.05) is 6.07 Å². The molecule has 0 unspecified atom stereocenters. The SMILES string of the molecule is N#Cc1ccc(-c2ccc(F)cc2F)[nH]c1=S. The molecule has 17 heavy (non-hydrogen) atoms. The van der Waals surface area contributed by atoms with Gasteiger partial charge in [-0.2, -0.15) is 5.26 Å². The summed E-state index contributed by atoms with van der Waals surface area (Å²) in [7, 11) is 0. The normalized spacial score (nSPS) is 9.94. The third kappa shape index (κ3) is 2.22. The molecule has 5 heteroatoms. The Labute approximate surface area is 101 Å². The number of hydrogen-bond donors (Lipinski definition) is 1. The van der Waals surface area contributed by atoms with Gasteiger partial charge in [0.1, 0.15) is 22.3 Å². The summed E-state index contributed by atoms with van der Waals surface area (Å²) in [6.45, 7) is 0. The minimum absolute atomic E-state index is 0.210. The van der Waals surface area contributed by atoms with Crippen LogP contribution in [-0.4, -0.2) is 4.98 Å². The number of nitriles is 1. The van der Waals surface area contributed by atoms with E-state index in [-0.39, 0.29) is 10.2 Å². The molecule has 0 spiro atoms. The maximum Gasteiger partial charge on any atom is 0.135 e. The summed E-state index contributed by atoms with van der Waals surface area (Å²) in [6, 6.07) is 8.21. The monoisotopic (exact) mass is 248 g/mol. The van der Waals surface area contributed by atoms with Crippen LogP contribution in [0.25, 0.3) is 11.3 Å². The molecule has 1 aromatic heterocycles. The van der Waals surface area contributed by atoms with Crippen molar-refractivity contribution in [1.82, 2.24) is 4.98 Å². The first kappa shape index (κ1) is 11.4. The predicted molar refractivity (Wildman–Crippen MR) is 61.7 cm³/mol. The van der Waals surface area contributed by atoms with Crippen LogP contribution >= 0.6 is 12.2 Å². The van der Waals surface area contributed by atoms with E-state index >= 15 is 0 Å². The molecule has 1 N–H and O–H groups in total. The summed E-state index contributed by atoms with van der Waals surface area (Å²) in [5.41, 5.74) is 0.930. The van der Waals surface area contributed by atoms with Gasteiger partial charge in [-0.1, -0.05) is 12.2 Å². The minimum atomic E-state index is -0.680. The molecule has 1 aromatic carbocycles. The van der Waals surface area contributed by atoms with Crippen molar-refractivity contribution in [3.8, 4) is 17.3 Å². The number of nitrogens with zero attached hydrogens (tertiary/aromatic N) is 1. The van der Waals surface area contributed by atoms with Gasteiger partial charge in [-0.05, 0) is 24.3 Å². The van der Waals surface area contributed by atoms with E-state index in [2.05, 4.69) is 4.98 Å². The van der Waals surface area contributed by atoms with Crippen molar-refractivity contribution in [1.29, 1.82) is 5.26 Å². The summed E-state index contributed by atoms with van der Waals surface area (Å²) in [4.78, 5) is 2.73. The van der Waals surface area contributed by atoms with Crippen LogP contribution in [-0.2, 0) is 0 Å². The van der Waals surface area contributed by atoms with Crippen molar-refractivity contribution >= 4 is 12.2 Å². The van der Waals surface area contributed by atoms with Gasteiger partial charge in [0.2, 0.25) is 0 Å². The first-order chi connectivity index (χ1) is 8.11. The Morgan fingerprint density at radius 3 is 2.53 bits per heavy atom. The Bertz CT molecular complexity index is 671.